The maximum absolute atomic E-state index is 12.3. The fourth-order valence-corrected chi connectivity index (χ4v) is 2.96. The zero-order valence-electron chi connectivity index (χ0n) is 13.3. The van der Waals surface area contributed by atoms with Crippen LogP contribution in [0.15, 0.2) is 12.1 Å². The predicted molar refractivity (Wildman–Crippen MR) is 88.1 cm³/mol. The smallest absolute Gasteiger partial charge is 0.238 e. The van der Waals surface area contributed by atoms with Gasteiger partial charge in [0, 0.05) is 18.2 Å². The Labute approximate surface area is 136 Å². The molecule has 0 bridgehead atoms. The van der Waals surface area contributed by atoms with Crippen LogP contribution in [0.5, 0.6) is 11.5 Å². The highest BCUT2D eigenvalue weighted by Crippen LogP contribution is 2.35. The number of likely N-dealkylation sites (tertiary alicyclic amines) is 1. The number of nitrogens with zero attached hydrogens (tertiary/aromatic N) is 1. The number of benzene rings is 1. The summed E-state index contributed by atoms with van der Waals surface area (Å²) < 4.78 is 10.5. The van der Waals surface area contributed by atoms with Crippen molar-refractivity contribution in [3.63, 3.8) is 0 Å². The second kappa shape index (κ2) is 7.70. The van der Waals surface area contributed by atoms with E-state index in [0.29, 0.717) is 34.8 Å². The summed E-state index contributed by atoms with van der Waals surface area (Å²) in [6.45, 7) is 3.52. The zero-order chi connectivity index (χ0) is 16.1. The highest BCUT2D eigenvalue weighted by molar-refractivity contribution is 6.32. The number of amides is 1. The Morgan fingerprint density at radius 2 is 2.05 bits per heavy atom. The van der Waals surface area contributed by atoms with Crippen molar-refractivity contribution in [2.75, 3.05) is 32.6 Å². The van der Waals surface area contributed by atoms with Crippen molar-refractivity contribution < 1.29 is 14.3 Å². The van der Waals surface area contributed by atoms with Crippen LogP contribution in [0.4, 0.5) is 5.69 Å². The van der Waals surface area contributed by atoms with E-state index >= 15 is 0 Å². The van der Waals surface area contributed by atoms with Crippen LogP contribution in [0.25, 0.3) is 0 Å². The number of anilines is 1. The number of piperidine rings is 1. The van der Waals surface area contributed by atoms with Crippen LogP contribution in [0.2, 0.25) is 5.02 Å². The molecule has 1 aliphatic rings. The summed E-state index contributed by atoms with van der Waals surface area (Å²) in [6, 6.07) is 3.76. The van der Waals surface area contributed by atoms with Gasteiger partial charge in [-0.1, -0.05) is 18.0 Å². The van der Waals surface area contributed by atoms with E-state index in [0.717, 1.165) is 19.4 Å². The normalized spacial score (nSPS) is 18.8. The van der Waals surface area contributed by atoms with E-state index in [4.69, 9.17) is 21.1 Å². The van der Waals surface area contributed by atoms with Crippen molar-refractivity contribution in [1.82, 2.24) is 4.90 Å². The van der Waals surface area contributed by atoms with E-state index in [2.05, 4.69) is 17.1 Å². The van der Waals surface area contributed by atoms with E-state index in [1.54, 1.807) is 19.2 Å². The summed E-state index contributed by atoms with van der Waals surface area (Å²) in [5, 5.41) is 3.33. The number of rotatable bonds is 5. The third-order valence-electron chi connectivity index (χ3n) is 4.04. The standard InChI is InChI=1S/C16H23ClN2O3/c1-11-6-4-5-7-19(11)10-16(20)18-13-9-14(21-2)12(17)8-15(13)22-3/h8-9,11H,4-7,10H2,1-3H3,(H,18,20)/t11-/m0/s1. The third kappa shape index (κ3) is 4.05. The molecule has 2 rings (SSSR count). The molecule has 0 saturated carbocycles. The summed E-state index contributed by atoms with van der Waals surface area (Å²) in [5.41, 5.74) is 0.568. The molecule has 0 radical (unpaired) electrons. The number of hydrogen-bond donors (Lipinski definition) is 1. The Morgan fingerprint density at radius 1 is 1.32 bits per heavy atom. The van der Waals surface area contributed by atoms with Gasteiger partial charge in [0.05, 0.1) is 31.5 Å². The molecule has 0 unspecified atom stereocenters. The van der Waals surface area contributed by atoms with Crippen LogP contribution >= 0.6 is 11.6 Å². The average Bonchev–Trinajstić information content (AvgIpc) is 2.50. The van der Waals surface area contributed by atoms with Crippen LogP contribution in [0.1, 0.15) is 26.2 Å². The molecule has 6 heteroatoms. The summed E-state index contributed by atoms with van der Waals surface area (Å²) in [5.74, 6) is 0.964. The monoisotopic (exact) mass is 326 g/mol. The van der Waals surface area contributed by atoms with Crippen molar-refractivity contribution in [2.45, 2.75) is 32.2 Å². The topological polar surface area (TPSA) is 50.8 Å². The maximum atomic E-state index is 12.3. The first-order valence-electron chi connectivity index (χ1n) is 7.50. The van der Waals surface area contributed by atoms with Gasteiger partial charge in [0.25, 0.3) is 0 Å². The minimum Gasteiger partial charge on any atom is -0.495 e. The van der Waals surface area contributed by atoms with Gasteiger partial charge in [0.15, 0.2) is 0 Å². The van der Waals surface area contributed by atoms with Gasteiger partial charge in [-0.05, 0) is 26.3 Å². The lowest BCUT2D eigenvalue weighted by molar-refractivity contribution is -0.118. The van der Waals surface area contributed by atoms with Crippen LogP contribution in [0.3, 0.4) is 0 Å². The van der Waals surface area contributed by atoms with Gasteiger partial charge in [-0.15, -0.1) is 0 Å². The highest BCUT2D eigenvalue weighted by atomic mass is 35.5. The van der Waals surface area contributed by atoms with Crippen molar-refractivity contribution in [3.05, 3.63) is 17.2 Å². The Kier molecular flexibility index (Phi) is 5.91. The van der Waals surface area contributed by atoms with E-state index in [9.17, 15) is 4.79 Å². The molecule has 1 aliphatic heterocycles. The SMILES string of the molecule is COc1cc(NC(=O)CN2CCCC[C@@H]2C)c(OC)cc1Cl. The van der Waals surface area contributed by atoms with Crippen molar-refractivity contribution >= 4 is 23.2 Å². The van der Waals surface area contributed by atoms with Gasteiger partial charge in [0.1, 0.15) is 11.5 Å². The van der Waals surface area contributed by atoms with Gasteiger partial charge < -0.3 is 14.8 Å². The minimum absolute atomic E-state index is 0.0589. The molecule has 0 aromatic heterocycles. The molecule has 122 valence electrons. The first-order valence-corrected chi connectivity index (χ1v) is 7.88. The molecule has 1 aromatic carbocycles. The van der Waals surface area contributed by atoms with Crippen molar-refractivity contribution in [2.24, 2.45) is 0 Å². The van der Waals surface area contributed by atoms with E-state index in [1.807, 2.05) is 0 Å². The molecule has 0 spiro atoms. The lowest BCUT2D eigenvalue weighted by Crippen LogP contribution is -2.42. The van der Waals surface area contributed by atoms with Gasteiger partial charge in [-0.2, -0.15) is 0 Å². The lowest BCUT2D eigenvalue weighted by atomic mass is 10.0. The Bertz CT molecular complexity index is 536. The number of methoxy groups -OCH3 is 2. The van der Waals surface area contributed by atoms with E-state index < -0.39 is 0 Å². The molecule has 0 aliphatic carbocycles. The molecule has 1 atom stereocenters. The molecule has 1 fully saturated rings. The molecule has 1 N–H and O–H groups in total. The Hall–Kier alpha value is -1.46. The summed E-state index contributed by atoms with van der Waals surface area (Å²) in [7, 11) is 3.08. The fourth-order valence-electron chi connectivity index (χ4n) is 2.72. The Morgan fingerprint density at radius 3 is 2.68 bits per heavy atom. The summed E-state index contributed by atoms with van der Waals surface area (Å²) in [6.07, 6.45) is 3.53. The Balaban J connectivity index is 2.07. The first-order chi connectivity index (χ1) is 10.5. The number of hydrogen-bond acceptors (Lipinski definition) is 4. The fraction of sp³-hybridized carbons (Fsp3) is 0.562. The molecular weight excluding hydrogens is 304 g/mol. The van der Waals surface area contributed by atoms with Gasteiger partial charge in [0.2, 0.25) is 5.91 Å². The number of ether oxygens (including phenoxy) is 2. The largest absolute Gasteiger partial charge is 0.495 e. The molecule has 1 amide bonds. The van der Waals surface area contributed by atoms with Gasteiger partial charge >= 0.3 is 0 Å². The summed E-state index contributed by atoms with van der Waals surface area (Å²) in [4.78, 5) is 14.5. The van der Waals surface area contributed by atoms with Crippen LogP contribution in [-0.4, -0.2) is 44.2 Å². The molecule has 22 heavy (non-hydrogen) atoms. The minimum atomic E-state index is -0.0589. The predicted octanol–water partition coefficient (Wildman–Crippen LogP) is 3.17. The lowest BCUT2D eigenvalue weighted by Gasteiger charge is -2.32. The molecule has 1 saturated heterocycles. The summed E-state index contributed by atoms with van der Waals surface area (Å²) >= 11 is 6.07. The number of carbonyl (C=O) groups excluding carboxylic acids is 1. The number of nitrogens with one attached hydrogen (secondary N) is 1. The molecule has 1 heterocycles. The van der Waals surface area contributed by atoms with E-state index in [1.165, 1.54) is 13.5 Å². The number of halogens is 1. The average molecular weight is 327 g/mol. The molecular formula is C16H23ClN2O3. The second-order valence-corrected chi connectivity index (χ2v) is 5.96. The number of carbonyl (C=O) groups is 1. The second-order valence-electron chi connectivity index (χ2n) is 5.55. The van der Waals surface area contributed by atoms with Crippen molar-refractivity contribution in [3.8, 4) is 11.5 Å². The van der Waals surface area contributed by atoms with Crippen LogP contribution in [-0.2, 0) is 4.79 Å². The zero-order valence-corrected chi connectivity index (χ0v) is 14.1. The quantitative estimate of drug-likeness (QED) is 0.903. The third-order valence-corrected chi connectivity index (χ3v) is 4.33. The maximum Gasteiger partial charge on any atom is 0.238 e. The highest BCUT2D eigenvalue weighted by Gasteiger charge is 2.21. The molecule has 1 aromatic rings. The van der Waals surface area contributed by atoms with Crippen molar-refractivity contribution in [1.29, 1.82) is 0 Å². The first kappa shape index (κ1) is 16.9. The van der Waals surface area contributed by atoms with Gasteiger partial charge in [-0.3, -0.25) is 9.69 Å². The van der Waals surface area contributed by atoms with Crippen LogP contribution in [0, 0.1) is 0 Å². The van der Waals surface area contributed by atoms with E-state index in [-0.39, 0.29) is 5.91 Å². The molecule has 5 nitrogen and oxygen atoms in total. The van der Waals surface area contributed by atoms with Crippen LogP contribution < -0.4 is 14.8 Å². The van der Waals surface area contributed by atoms with Gasteiger partial charge in [-0.25, -0.2) is 0 Å².